The molecule has 0 atom stereocenters. The molecule has 1 heterocycles. The molecule has 0 radical (unpaired) electrons. The summed E-state index contributed by atoms with van der Waals surface area (Å²) in [7, 11) is 0. The number of hydrogen-bond donors (Lipinski definition) is 1. The van der Waals surface area contributed by atoms with E-state index in [1.165, 1.54) is 38.5 Å². The van der Waals surface area contributed by atoms with Crippen LogP contribution in [0.2, 0.25) is 0 Å². The summed E-state index contributed by atoms with van der Waals surface area (Å²) in [6.45, 7) is 0. The molecular formula is C19H23NO. The molecule has 1 N–H and O–H groups in total. The predicted molar refractivity (Wildman–Crippen MR) is 85.0 cm³/mol. The number of benzene rings is 1. The highest BCUT2D eigenvalue weighted by Crippen LogP contribution is 2.53. The fourth-order valence-electron chi connectivity index (χ4n) is 4.46. The largest absolute Gasteiger partial charge is 0.385 e. The predicted octanol–water partition coefficient (Wildman–Crippen LogP) is 4.56. The number of nitrogens with zero attached hydrogens (tertiary/aromatic N) is 1. The maximum Gasteiger partial charge on any atom is 0.0897 e. The van der Waals surface area contributed by atoms with Crippen LogP contribution in [0.3, 0.4) is 0 Å². The zero-order valence-electron chi connectivity index (χ0n) is 12.5. The number of fused-ring (bicyclic) bond motifs is 1. The van der Waals surface area contributed by atoms with Crippen molar-refractivity contribution in [3.8, 4) is 0 Å². The third-order valence-electron chi connectivity index (χ3n) is 5.95. The number of pyridine rings is 1. The molecule has 21 heavy (non-hydrogen) atoms. The zero-order chi connectivity index (χ0) is 14.3. The van der Waals surface area contributed by atoms with E-state index in [-0.39, 0.29) is 0 Å². The molecule has 1 aromatic carbocycles. The van der Waals surface area contributed by atoms with Crippen LogP contribution in [0, 0.1) is 5.41 Å². The number of aliphatic hydroxyl groups is 1. The normalized spacial score (nSPS) is 23.7. The summed E-state index contributed by atoms with van der Waals surface area (Å²) in [4.78, 5) is 4.43. The second-order valence-corrected chi connectivity index (χ2v) is 7.15. The van der Waals surface area contributed by atoms with Crippen molar-refractivity contribution in [3.05, 3.63) is 42.1 Å². The summed E-state index contributed by atoms with van der Waals surface area (Å²) in [6.07, 6.45) is 11.5. The highest BCUT2D eigenvalue weighted by Gasteiger charge is 2.43. The van der Waals surface area contributed by atoms with Crippen molar-refractivity contribution in [2.24, 2.45) is 5.41 Å². The molecular weight excluding hydrogens is 258 g/mol. The van der Waals surface area contributed by atoms with E-state index >= 15 is 0 Å². The average molecular weight is 281 g/mol. The van der Waals surface area contributed by atoms with Crippen molar-refractivity contribution in [3.63, 3.8) is 0 Å². The highest BCUT2D eigenvalue weighted by atomic mass is 16.3. The molecule has 2 aliphatic carbocycles. The minimum atomic E-state index is -0.639. The van der Waals surface area contributed by atoms with Crippen molar-refractivity contribution < 1.29 is 5.11 Å². The van der Waals surface area contributed by atoms with E-state index in [0.29, 0.717) is 5.41 Å². The number of aromatic nitrogens is 1. The fraction of sp³-hybridized carbons (Fsp3) is 0.526. The first-order valence-corrected chi connectivity index (χ1v) is 8.27. The van der Waals surface area contributed by atoms with Crippen LogP contribution < -0.4 is 0 Å². The van der Waals surface area contributed by atoms with Gasteiger partial charge in [-0.3, -0.25) is 4.98 Å². The Labute approximate surface area is 126 Å². The van der Waals surface area contributed by atoms with Crippen molar-refractivity contribution in [2.75, 3.05) is 0 Å². The van der Waals surface area contributed by atoms with Gasteiger partial charge in [0.25, 0.3) is 0 Å². The second kappa shape index (κ2) is 4.81. The molecule has 1 aromatic heterocycles. The Morgan fingerprint density at radius 2 is 1.67 bits per heavy atom. The van der Waals surface area contributed by atoms with Crippen molar-refractivity contribution >= 4 is 10.9 Å². The summed E-state index contributed by atoms with van der Waals surface area (Å²) in [5.41, 5.74) is 1.96. The van der Waals surface area contributed by atoms with Crippen LogP contribution in [-0.2, 0) is 5.60 Å². The Morgan fingerprint density at radius 1 is 0.905 bits per heavy atom. The molecule has 110 valence electrons. The van der Waals surface area contributed by atoms with E-state index in [0.717, 1.165) is 29.3 Å². The van der Waals surface area contributed by atoms with Gasteiger partial charge in [0.05, 0.1) is 11.1 Å². The minimum Gasteiger partial charge on any atom is -0.385 e. The molecule has 0 unspecified atom stereocenters. The Kier molecular flexibility index (Phi) is 3.04. The van der Waals surface area contributed by atoms with Gasteiger partial charge in [-0.15, -0.1) is 0 Å². The van der Waals surface area contributed by atoms with Gasteiger partial charge >= 0.3 is 0 Å². The lowest BCUT2D eigenvalue weighted by Crippen LogP contribution is -2.35. The van der Waals surface area contributed by atoms with Gasteiger partial charge in [-0.1, -0.05) is 31.0 Å². The maximum absolute atomic E-state index is 11.1. The molecule has 0 amide bonds. The SMILES string of the molecule is OC1(c2ccc3cccnc3c2)CCC2(CCCC2)CC1. The summed E-state index contributed by atoms with van der Waals surface area (Å²) in [6, 6.07) is 10.3. The van der Waals surface area contributed by atoms with Crippen LogP contribution in [0.4, 0.5) is 0 Å². The van der Waals surface area contributed by atoms with Crippen LogP contribution in [0.1, 0.15) is 56.9 Å². The van der Waals surface area contributed by atoms with Gasteiger partial charge in [0.1, 0.15) is 0 Å². The standard InChI is InChI=1S/C19H23NO/c21-19(11-9-18(10-12-19)7-1-2-8-18)16-6-5-15-4-3-13-20-17(15)14-16/h3-6,13-14,21H,1-2,7-12H2. The van der Waals surface area contributed by atoms with Crippen LogP contribution in [0.25, 0.3) is 10.9 Å². The van der Waals surface area contributed by atoms with Gasteiger partial charge in [-0.05, 0) is 61.6 Å². The highest BCUT2D eigenvalue weighted by molar-refractivity contribution is 5.79. The van der Waals surface area contributed by atoms with Gasteiger partial charge in [-0.25, -0.2) is 0 Å². The van der Waals surface area contributed by atoms with E-state index in [1.807, 2.05) is 12.3 Å². The summed E-state index contributed by atoms with van der Waals surface area (Å²) >= 11 is 0. The summed E-state index contributed by atoms with van der Waals surface area (Å²) < 4.78 is 0. The van der Waals surface area contributed by atoms with E-state index in [2.05, 4.69) is 29.2 Å². The first-order chi connectivity index (χ1) is 10.2. The van der Waals surface area contributed by atoms with Gasteiger partial charge in [0.15, 0.2) is 0 Å². The first kappa shape index (κ1) is 13.3. The van der Waals surface area contributed by atoms with E-state index in [4.69, 9.17) is 0 Å². The average Bonchev–Trinajstić information content (AvgIpc) is 2.99. The third kappa shape index (κ3) is 2.26. The Hall–Kier alpha value is -1.41. The maximum atomic E-state index is 11.1. The molecule has 2 aromatic rings. The monoisotopic (exact) mass is 281 g/mol. The van der Waals surface area contributed by atoms with Crippen LogP contribution in [0.5, 0.6) is 0 Å². The first-order valence-electron chi connectivity index (χ1n) is 8.27. The van der Waals surface area contributed by atoms with Crippen LogP contribution in [0.15, 0.2) is 36.5 Å². The number of rotatable bonds is 1. The lowest BCUT2D eigenvalue weighted by Gasteiger charge is -2.42. The van der Waals surface area contributed by atoms with Gasteiger partial charge in [0, 0.05) is 11.6 Å². The summed E-state index contributed by atoms with van der Waals surface area (Å²) in [5, 5.41) is 12.3. The zero-order valence-corrected chi connectivity index (χ0v) is 12.5. The quantitative estimate of drug-likeness (QED) is 0.831. The van der Waals surface area contributed by atoms with E-state index < -0.39 is 5.60 Å². The molecule has 4 rings (SSSR count). The molecule has 0 aliphatic heterocycles. The van der Waals surface area contributed by atoms with Crippen molar-refractivity contribution in [1.82, 2.24) is 4.98 Å². The van der Waals surface area contributed by atoms with E-state index in [9.17, 15) is 5.11 Å². The minimum absolute atomic E-state index is 0.557. The molecule has 2 saturated carbocycles. The Morgan fingerprint density at radius 3 is 2.43 bits per heavy atom. The van der Waals surface area contributed by atoms with Crippen molar-refractivity contribution in [2.45, 2.75) is 57.0 Å². The molecule has 2 nitrogen and oxygen atoms in total. The molecule has 1 spiro atoms. The number of hydrogen-bond acceptors (Lipinski definition) is 2. The molecule has 0 saturated heterocycles. The molecule has 2 heteroatoms. The fourth-order valence-corrected chi connectivity index (χ4v) is 4.46. The molecule has 2 aliphatic rings. The van der Waals surface area contributed by atoms with Gasteiger partial charge < -0.3 is 5.11 Å². The summed E-state index contributed by atoms with van der Waals surface area (Å²) in [5.74, 6) is 0. The van der Waals surface area contributed by atoms with Gasteiger partial charge in [-0.2, -0.15) is 0 Å². The lowest BCUT2D eigenvalue weighted by atomic mass is 9.66. The Bertz CT molecular complexity index is 647. The Balaban J connectivity index is 1.62. The van der Waals surface area contributed by atoms with Crippen molar-refractivity contribution in [1.29, 1.82) is 0 Å². The smallest absolute Gasteiger partial charge is 0.0897 e. The lowest BCUT2D eigenvalue weighted by molar-refractivity contribution is -0.0375. The van der Waals surface area contributed by atoms with Crippen LogP contribution in [-0.4, -0.2) is 10.1 Å². The topological polar surface area (TPSA) is 33.1 Å². The van der Waals surface area contributed by atoms with E-state index in [1.54, 1.807) is 0 Å². The van der Waals surface area contributed by atoms with Crippen LogP contribution >= 0.6 is 0 Å². The second-order valence-electron chi connectivity index (χ2n) is 7.15. The van der Waals surface area contributed by atoms with Gasteiger partial charge in [0.2, 0.25) is 0 Å². The molecule has 2 fully saturated rings. The molecule has 0 bridgehead atoms. The third-order valence-corrected chi connectivity index (χ3v) is 5.95.